The number of hydrogen-bond donors (Lipinski definition) is 0. The van der Waals surface area contributed by atoms with E-state index in [9.17, 15) is 9.59 Å². The van der Waals surface area contributed by atoms with Crippen LogP contribution in [0.2, 0.25) is 0 Å². The summed E-state index contributed by atoms with van der Waals surface area (Å²) in [5.41, 5.74) is 2.85. The lowest BCUT2D eigenvalue weighted by Crippen LogP contribution is -2.14. The molecule has 7 heteroatoms. The predicted molar refractivity (Wildman–Crippen MR) is 96.2 cm³/mol. The molecule has 0 atom stereocenters. The Morgan fingerprint density at radius 2 is 1.85 bits per heavy atom. The first kappa shape index (κ1) is 18.6. The number of benzene rings is 2. The van der Waals surface area contributed by atoms with Gasteiger partial charge in [-0.1, -0.05) is 6.07 Å². The van der Waals surface area contributed by atoms with Crippen molar-refractivity contribution in [1.29, 1.82) is 0 Å². The molecule has 0 spiro atoms. The van der Waals surface area contributed by atoms with Gasteiger partial charge in [0.1, 0.15) is 6.61 Å². The van der Waals surface area contributed by atoms with E-state index in [-0.39, 0.29) is 19.2 Å². The Bertz CT molecular complexity index is 873. The summed E-state index contributed by atoms with van der Waals surface area (Å²) in [6.07, 6.45) is 0. The van der Waals surface area contributed by atoms with Gasteiger partial charge in [0.15, 0.2) is 18.1 Å². The molecule has 0 aromatic heterocycles. The zero-order valence-electron chi connectivity index (χ0n) is 15.4. The molecular formula is C20H20O7. The minimum atomic E-state index is -0.515. The lowest BCUT2D eigenvalue weighted by Gasteiger charge is -2.18. The second kappa shape index (κ2) is 7.99. The Hall–Kier alpha value is -3.22. The zero-order chi connectivity index (χ0) is 19.4. The average Bonchev–Trinajstić information content (AvgIpc) is 3.06. The first-order valence-corrected chi connectivity index (χ1v) is 8.42. The van der Waals surface area contributed by atoms with Crippen LogP contribution in [-0.2, 0) is 20.9 Å². The lowest BCUT2D eigenvalue weighted by molar-refractivity contribution is -0.142. The molecule has 0 unspecified atom stereocenters. The largest absolute Gasteiger partial charge is 0.493 e. The highest BCUT2D eigenvalue weighted by atomic mass is 16.6. The minimum Gasteiger partial charge on any atom is -0.493 e. The van der Waals surface area contributed by atoms with Gasteiger partial charge in [0.25, 0.3) is 0 Å². The molecule has 27 heavy (non-hydrogen) atoms. The van der Waals surface area contributed by atoms with Gasteiger partial charge in [-0.05, 0) is 36.8 Å². The van der Waals surface area contributed by atoms with E-state index >= 15 is 0 Å². The number of cyclic esters (lactones) is 1. The summed E-state index contributed by atoms with van der Waals surface area (Å²) in [6, 6.07) is 8.96. The van der Waals surface area contributed by atoms with Gasteiger partial charge < -0.3 is 23.7 Å². The number of rotatable bonds is 7. The Balaban J connectivity index is 2.09. The molecule has 142 valence electrons. The third kappa shape index (κ3) is 3.67. The van der Waals surface area contributed by atoms with Gasteiger partial charge >= 0.3 is 11.9 Å². The van der Waals surface area contributed by atoms with Crippen LogP contribution in [0.3, 0.4) is 0 Å². The number of hydrogen-bond acceptors (Lipinski definition) is 7. The van der Waals surface area contributed by atoms with Crippen molar-refractivity contribution in [1.82, 2.24) is 0 Å². The van der Waals surface area contributed by atoms with Crippen LogP contribution in [0.15, 0.2) is 30.3 Å². The molecule has 0 amide bonds. The topological polar surface area (TPSA) is 80.3 Å². The molecule has 7 nitrogen and oxygen atoms in total. The Kier molecular flexibility index (Phi) is 5.49. The van der Waals surface area contributed by atoms with Crippen LogP contribution in [-0.4, -0.2) is 39.4 Å². The molecule has 3 rings (SSSR count). The maximum Gasteiger partial charge on any atom is 0.343 e. The monoisotopic (exact) mass is 372 g/mol. The molecule has 0 bridgehead atoms. The van der Waals surface area contributed by atoms with E-state index in [4.69, 9.17) is 18.9 Å². The smallest absolute Gasteiger partial charge is 0.343 e. The normalized spacial score (nSPS) is 12.2. The molecular weight excluding hydrogens is 352 g/mol. The molecule has 0 aliphatic carbocycles. The second-order valence-electron chi connectivity index (χ2n) is 5.72. The SMILES string of the molecule is CCOc1c(OC)ccc(-c2ccc3c(c2)COC3=O)c1OCC(=O)OC. The van der Waals surface area contributed by atoms with E-state index in [1.165, 1.54) is 14.2 Å². The van der Waals surface area contributed by atoms with E-state index in [1.54, 1.807) is 18.2 Å². The third-order valence-corrected chi connectivity index (χ3v) is 4.14. The summed E-state index contributed by atoms with van der Waals surface area (Å²) in [5.74, 6) is 0.406. The molecule has 2 aromatic carbocycles. The van der Waals surface area contributed by atoms with Crippen molar-refractivity contribution in [3.63, 3.8) is 0 Å². The average molecular weight is 372 g/mol. The first-order chi connectivity index (χ1) is 13.1. The highest BCUT2D eigenvalue weighted by Crippen LogP contribution is 2.45. The van der Waals surface area contributed by atoms with Crippen LogP contribution in [0, 0.1) is 0 Å². The molecule has 1 aliphatic rings. The Morgan fingerprint density at radius 1 is 1.07 bits per heavy atom. The summed E-state index contributed by atoms with van der Waals surface area (Å²) in [4.78, 5) is 23.3. The highest BCUT2D eigenvalue weighted by molar-refractivity contribution is 5.94. The van der Waals surface area contributed by atoms with E-state index < -0.39 is 5.97 Å². The van der Waals surface area contributed by atoms with E-state index in [0.29, 0.717) is 35.0 Å². The second-order valence-corrected chi connectivity index (χ2v) is 5.72. The van der Waals surface area contributed by atoms with Crippen LogP contribution in [0.4, 0.5) is 0 Å². The standard InChI is InChI=1S/C20H20O7/c1-4-25-19-16(23-2)8-7-14(18(19)26-11-17(21)24-3)12-5-6-15-13(9-12)10-27-20(15)22/h5-9H,4,10-11H2,1-3H3. The van der Waals surface area contributed by atoms with Gasteiger partial charge in [-0.2, -0.15) is 0 Å². The van der Waals surface area contributed by atoms with Crippen LogP contribution in [0.25, 0.3) is 11.1 Å². The number of ether oxygens (including phenoxy) is 5. The molecule has 0 radical (unpaired) electrons. The van der Waals surface area contributed by atoms with Crippen LogP contribution >= 0.6 is 0 Å². The molecule has 0 fully saturated rings. The fourth-order valence-corrected chi connectivity index (χ4v) is 2.85. The quantitative estimate of drug-likeness (QED) is 0.691. The summed E-state index contributed by atoms with van der Waals surface area (Å²) in [5, 5.41) is 0. The lowest BCUT2D eigenvalue weighted by atomic mass is 9.99. The number of esters is 2. The van der Waals surface area contributed by atoms with Gasteiger partial charge in [0.05, 0.1) is 26.4 Å². The molecule has 1 aliphatic heterocycles. The Morgan fingerprint density at radius 3 is 2.56 bits per heavy atom. The van der Waals surface area contributed by atoms with Crippen LogP contribution in [0.1, 0.15) is 22.8 Å². The van der Waals surface area contributed by atoms with Crippen molar-refractivity contribution >= 4 is 11.9 Å². The molecule has 1 heterocycles. The van der Waals surface area contributed by atoms with Crippen molar-refractivity contribution in [3.05, 3.63) is 41.5 Å². The van der Waals surface area contributed by atoms with Gasteiger partial charge in [-0.3, -0.25) is 0 Å². The van der Waals surface area contributed by atoms with Crippen LogP contribution in [0.5, 0.6) is 17.2 Å². The van der Waals surface area contributed by atoms with E-state index in [0.717, 1.165) is 11.1 Å². The van der Waals surface area contributed by atoms with Gasteiger partial charge in [-0.15, -0.1) is 0 Å². The van der Waals surface area contributed by atoms with Crippen molar-refractivity contribution in [3.8, 4) is 28.4 Å². The van der Waals surface area contributed by atoms with E-state index in [1.807, 2.05) is 19.1 Å². The summed E-state index contributed by atoms with van der Waals surface area (Å²) < 4.78 is 26.5. The van der Waals surface area contributed by atoms with Crippen LogP contribution < -0.4 is 14.2 Å². The molecule has 0 saturated carbocycles. The van der Waals surface area contributed by atoms with Crippen molar-refractivity contribution in [2.75, 3.05) is 27.4 Å². The molecule has 0 N–H and O–H groups in total. The molecule has 2 aromatic rings. The number of carbonyl (C=O) groups excluding carboxylic acids is 2. The first-order valence-electron chi connectivity index (χ1n) is 8.42. The fourth-order valence-electron chi connectivity index (χ4n) is 2.85. The third-order valence-electron chi connectivity index (χ3n) is 4.14. The van der Waals surface area contributed by atoms with Gasteiger partial charge in [0.2, 0.25) is 5.75 Å². The number of methoxy groups -OCH3 is 2. The predicted octanol–water partition coefficient (Wildman–Crippen LogP) is 2.98. The molecule has 0 saturated heterocycles. The fraction of sp³-hybridized carbons (Fsp3) is 0.300. The van der Waals surface area contributed by atoms with Crippen molar-refractivity contribution < 1.29 is 33.3 Å². The number of fused-ring (bicyclic) bond motifs is 1. The van der Waals surface area contributed by atoms with Crippen molar-refractivity contribution in [2.24, 2.45) is 0 Å². The summed E-state index contributed by atoms with van der Waals surface area (Å²) in [6.45, 7) is 2.19. The highest BCUT2D eigenvalue weighted by Gasteiger charge is 2.24. The zero-order valence-corrected chi connectivity index (χ0v) is 15.4. The summed E-state index contributed by atoms with van der Waals surface area (Å²) >= 11 is 0. The Labute approximate surface area is 156 Å². The summed E-state index contributed by atoms with van der Waals surface area (Å²) in [7, 11) is 2.82. The van der Waals surface area contributed by atoms with Gasteiger partial charge in [-0.25, -0.2) is 9.59 Å². The van der Waals surface area contributed by atoms with E-state index in [2.05, 4.69) is 4.74 Å². The maximum absolute atomic E-state index is 11.7. The maximum atomic E-state index is 11.7. The van der Waals surface area contributed by atoms with Crippen molar-refractivity contribution in [2.45, 2.75) is 13.5 Å². The van der Waals surface area contributed by atoms with Gasteiger partial charge in [0, 0.05) is 11.1 Å². The number of carbonyl (C=O) groups is 2. The minimum absolute atomic E-state index is 0.231.